The molecule has 1 heterocycles. The molecule has 0 aromatic heterocycles. The lowest BCUT2D eigenvalue weighted by molar-refractivity contribution is 0.0807. The Morgan fingerprint density at radius 2 is 2.00 bits per heavy atom. The highest BCUT2D eigenvalue weighted by Crippen LogP contribution is 2.22. The Hall–Kier alpha value is -0.860. The maximum atomic E-state index is 9.99. The van der Waals surface area contributed by atoms with Crippen molar-refractivity contribution >= 4 is 0 Å². The van der Waals surface area contributed by atoms with Gasteiger partial charge in [-0.3, -0.25) is 0 Å². The second-order valence-corrected chi connectivity index (χ2v) is 6.17. The van der Waals surface area contributed by atoms with E-state index >= 15 is 0 Å². The smallest absolute Gasteiger partial charge is 0.0632 e. The SMILES string of the molecule is CC(C)(O)Cc1ccccc1CC1CCCNC1. The van der Waals surface area contributed by atoms with Gasteiger partial charge in [-0.1, -0.05) is 24.3 Å². The van der Waals surface area contributed by atoms with Crippen LogP contribution in [-0.4, -0.2) is 23.8 Å². The van der Waals surface area contributed by atoms with E-state index in [9.17, 15) is 5.11 Å². The number of benzene rings is 1. The summed E-state index contributed by atoms with van der Waals surface area (Å²) < 4.78 is 0. The van der Waals surface area contributed by atoms with Crippen molar-refractivity contribution in [2.75, 3.05) is 13.1 Å². The number of hydrogen-bond donors (Lipinski definition) is 2. The van der Waals surface area contributed by atoms with Crippen molar-refractivity contribution in [2.24, 2.45) is 5.92 Å². The molecule has 1 aliphatic heterocycles. The molecule has 0 saturated carbocycles. The van der Waals surface area contributed by atoms with Crippen molar-refractivity contribution in [3.05, 3.63) is 35.4 Å². The van der Waals surface area contributed by atoms with Gasteiger partial charge in [0, 0.05) is 6.42 Å². The average molecular weight is 247 g/mol. The standard InChI is InChI=1S/C16H25NO/c1-16(2,18)11-15-8-4-3-7-14(15)10-13-6-5-9-17-12-13/h3-4,7-8,13,17-18H,5-6,9-12H2,1-2H3. The first-order valence-corrected chi connectivity index (χ1v) is 7.04. The maximum Gasteiger partial charge on any atom is 0.0632 e. The van der Waals surface area contributed by atoms with E-state index < -0.39 is 5.60 Å². The van der Waals surface area contributed by atoms with E-state index in [1.807, 2.05) is 13.8 Å². The molecule has 0 amide bonds. The van der Waals surface area contributed by atoms with Crippen molar-refractivity contribution < 1.29 is 5.11 Å². The Labute approximate surface area is 110 Å². The first-order chi connectivity index (χ1) is 8.54. The summed E-state index contributed by atoms with van der Waals surface area (Å²) in [4.78, 5) is 0. The van der Waals surface area contributed by atoms with Crippen molar-refractivity contribution in [3.8, 4) is 0 Å². The van der Waals surface area contributed by atoms with Crippen LogP contribution >= 0.6 is 0 Å². The molecule has 1 aliphatic rings. The lowest BCUT2D eigenvalue weighted by atomic mass is 9.87. The predicted molar refractivity (Wildman–Crippen MR) is 75.7 cm³/mol. The molecule has 1 unspecified atom stereocenters. The van der Waals surface area contributed by atoms with Gasteiger partial charge in [-0.25, -0.2) is 0 Å². The summed E-state index contributed by atoms with van der Waals surface area (Å²) in [6, 6.07) is 8.56. The summed E-state index contributed by atoms with van der Waals surface area (Å²) >= 11 is 0. The van der Waals surface area contributed by atoms with Crippen LogP contribution in [0.3, 0.4) is 0 Å². The van der Waals surface area contributed by atoms with Gasteiger partial charge in [-0.2, -0.15) is 0 Å². The molecule has 1 fully saturated rings. The van der Waals surface area contributed by atoms with Crippen LogP contribution in [0.4, 0.5) is 0 Å². The first-order valence-electron chi connectivity index (χ1n) is 7.04. The highest BCUT2D eigenvalue weighted by molar-refractivity contribution is 5.29. The largest absolute Gasteiger partial charge is 0.390 e. The fourth-order valence-corrected chi connectivity index (χ4v) is 2.80. The fourth-order valence-electron chi connectivity index (χ4n) is 2.80. The van der Waals surface area contributed by atoms with Gasteiger partial charge in [-0.05, 0) is 63.2 Å². The van der Waals surface area contributed by atoms with Gasteiger partial charge in [0.05, 0.1) is 5.60 Å². The lowest BCUT2D eigenvalue weighted by Crippen LogP contribution is -2.31. The van der Waals surface area contributed by atoms with E-state index in [0.29, 0.717) is 0 Å². The minimum absolute atomic E-state index is 0.624. The molecule has 1 saturated heterocycles. The molecule has 18 heavy (non-hydrogen) atoms. The number of piperidine rings is 1. The summed E-state index contributed by atoms with van der Waals surface area (Å²) in [5.41, 5.74) is 2.09. The minimum atomic E-state index is -0.624. The van der Waals surface area contributed by atoms with E-state index in [4.69, 9.17) is 0 Å². The molecule has 100 valence electrons. The van der Waals surface area contributed by atoms with Crippen LogP contribution in [0.2, 0.25) is 0 Å². The average Bonchev–Trinajstić information content (AvgIpc) is 2.31. The van der Waals surface area contributed by atoms with Crippen molar-refractivity contribution in [3.63, 3.8) is 0 Å². The van der Waals surface area contributed by atoms with Crippen LogP contribution < -0.4 is 5.32 Å². The van der Waals surface area contributed by atoms with Gasteiger partial charge < -0.3 is 10.4 Å². The summed E-state index contributed by atoms with van der Waals surface area (Å²) in [6.07, 6.45) is 4.49. The van der Waals surface area contributed by atoms with Crippen LogP contribution in [0.25, 0.3) is 0 Å². The Bertz CT molecular complexity index is 375. The van der Waals surface area contributed by atoms with E-state index in [1.54, 1.807) is 0 Å². The van der Waals surface area contributed by atoms with E-state index in [-0.39, 0.29) is 0 Å². The Balaban J connectivity index is 2.06. The first kappa shape index (κ1) is 13.6. The molecular weight excluding hydrogens is 222 g/mol. The van der Waals surface area contributed by atoms with Crippen LogP contribution in [0.1, 0.15) is 37.8 Å². The van der Waals surface area contributed by atoms with Crippen LogP contribution in [0.5, 0.6) is 0 Å². The van der Waals surface area contributed by atoms with E-state index in [2.05, 4.69) is 29.6 Å². The van der Waals surface area contributed by atoms with Crippen molar-refractivity contribution in [1.29, 1.82) is 0 Å². The third kappa shape index (κ3) is 4.11. The Morgan fingerprint density at radius 1 is 1.28 bits per heavy atom. The Morgan fingerprint density at radius 3 is 2.61 bits per heavy atom. The molecule has 0 bridgehead atoms. The molecule has 1 aromatic carbocycles. The number of aliphatic hydroxyl groups is 1. The zero-order chi connectivity index (χ0) is 13.0. The molecule has 2 heteroatoms. The highest BCUT2D eigenvalue weighted by Gasteiger charge is 2.18. The predicted octanol–water partition coefficient (Wildman–Crippen LogP) is 2.54. The maximum absolute atomic E-state index is 9.99. The molecule has 0 aliphatic carbocycles. The highest BCUT2D eigenvalue weighted by atomic mass is 16.3. The van der Waals surface area contributed by atoms with Crippen LogP contribution in [0.15, 0.2) is 24.3 Å². The monoisotopic (exact) mass is 247 g/mol. The van der Waals surface area contributed by atoms with Gasteiger partial charge in [0.1, 0.15) is 0 Å². The third-order valence-corrected chi connectivity index (χ3v) is 3.65. The molecule has 2 N–H and O–H groups in total. The lowest BCUT2D eigenvalue weighted by Gasteiger charge is -2.25. The summed E-state index contributed by atoms with van der Waals surface area (Å²) in [5.74, 6) is 0.752. The van der Waals surface area contributed by atoms with Gasteiger partial charge in [0.25, 0.3) is 0 Å². The topological polar surface area (TPSA) is 32.3 Å². The number of hydrogen-bond acceptors (Lipinski definition) is 2. The Kier molecular flexibility index (Phi) is 4.41. The van der Waals surface area contributed by atoms with Crippen molar-refractivity contribution in [2.45, 2.75) is 45.1 Å². The quantitative estimate of drug-likeness (QED) is 0.857. The molecule has 2 rings (SSSR count). The number of rotatable bonds is 4. The minimum Gasteiger partial charge on any atom is -0.390 e. The molecular formula is C16H25NO. The summed E-state index contributed by atoms with van der Waals surface area (Å²) in [5, 5.41) is 13.5. The number of nitrogens with one attached hydrogen (secondary N) is 1. The van der Waals surface area contributed by atoms with Gasteiger partial charge in [0.2, 0.25) is 0 Å². The van der Waals surface area contributed by atoms with Crippen molar-refractivity contribution in [1.82, 2.24) is 5.32 Å². The van der Waals surface area contributed by atoms with Gasteiger partial charge in [0.15, 0.2) is 0 Å². The second-order valence-electron chi connectivity index (χ2n) is 6.17. The molecule has 2 nitrogen and oxygen atoms in total. The zero-order valence-electron chi connectivity index (χ0n) is 11.6. The summed E-state index contributed by atoms with van der Waals surface area (Å²) in [7, 11) is 0. The molecule has 1 aromatic rings. The van der Waals surface area contributed by atoms with Crippen LogP contribution in [0, 0.1) is 5.92 Å². The third-order valence-electron chi connectivity index (χ3n) is 3.65. The fraction of sp³-hybridized carbons (Fsp3) is 0.625. The molecule has 0 spiro atoms. The normalized spacial score (nSPS) is 20.9. The van der Waals surface area contributed by atoms with Gasteiger partial charge >= 0.3 is 0 Å². The van der Waals surface area contributed by atoms with E-state index in [1.165, 1.54) is 30.5 Å². The summed E-state index contributed by atoms with van der Waals surface area (Å²) in [6.45, 7) is 6.07. The van der Waals surface area contributed by atoms with Gasteiger partial charge in [-0.15, -0.1) is 0 Å². The second kappa shape index (κ2) is 5.85. The molecule has 0 radical (unpaired) electrons. The van der Waals surface area contributed by atoms with E-state index in [0.717, 1.165) is 25.3 Å². The zero-order valence-corrected chi connectivity index (χ0v) is 11.6. The van der Waals surface area contributed by atoms with Crippen LogP contribution in [-0.2, 0) is 12.8 Å². The molecule has 1 atom stereocenters.